The average Bonchev–Trinajstić information content (AvgIpc) is 2.71. The highest BCUT2D eigenvalue weighted by Crippen LogP contribution is 2.33. The van der Waals surface area contributed by atoms with Crippen LogP contribution >= 0.6 is 0 Å². The van der Waals surface area contributed by atoms with Gasteiger partial charge in [-0.25, -0.2) is 0 Å². The molecule has 0 atom stereocenters. The molecule has 4 aromatic rings. The Kier molecular flexibility index (Phi) is 4.05. The number of fused-ring (bicyclic) bond motifs is 2. The Morgan fingerprint density at radius 3 is 1.78 bits per heavy atom. The first-order valence-corrected chi connectivity index (χ1v) is 8.53. The molecule has 2 N–H and O–H groups in total. The number of anilines is 1. The summed E-state index contributed by atoms with van der Waals surface area (Å²) in [6, 6.07) is 25.7. The molecule has 0 bridgehead atoms. The molecule has 0 aliphatic heterocycles. The molecule has 3 nitrogen and oxygen atoms in total. The summed E-state index contributed by atoms with van der Waals surface area (Å²) in [6.07, 6.45) is 3.99. The van der Waals surface area contributed by atoms with Crippen molar-refractivity contribution in [3.8, 4) is 12.1 Å². The van der Waals surface area contributed by atoms with Crippen LogP contribution in [0.1, 0.15) is 22.3 Å². The van der Waals surface area contributed by atoms with Crippen LogP contribution in [0.3, 0.4) is 0 Å². The van der Waals surface area contributed by atoms with Crippen molar-refractivity contribution in [2.45, 2.75) is 0 Å². The Morgan fingerprint density at radius 1 is 0.630 bits per heavy atom. The number of hydrogen-bond donors (Lipinski definition) is 1. The third kappa shape index (κ3) is 2.88. The molecule has 0 fully saturated rings. The van der Waals surface area contributed by atoms with E-state index in [1.807, 2.05) is 78.9 Å². The largest absolute Gasteiger partial charge is 0.399 e. The molecule has 27 heavy (non-hydrogen) atoms. The molecule has 3 heteroatoms. The van der Waals surface area contributed by atoms with Gasteiger partial charge in [0.1, 0.15) is 12.1 Å². The van der Waals surface area contributed by atoms with Gasteiger partial charge in [0.15, 0.2) is 0 Å². The van der Waals surface area contributed by atoms with Gasteiger partial charge in [0, 0.05) is 27.2 Å². The van der Waals surface area contributed by atoms with Gasteiger partial charge in [0.05, 0.1) is 11.1 Å². The lowest BCUT2D eigenvalue weighted by molar-refractivity contribution is 1.50. The number of nitrogen functional groups attached to an aromatic ring is 1. The van der Waals surface area contributed by atoms with E-state index in [1.165, 1.54) is 0 Å². The van der Waals surface area contributed by atoms with E-state index in [0.29, 0.717) is 11.1 Å². The molecule has 126 valence electrons. The van der Waals surface area contributed by atoms with Crippen LogP contribution in [0.15, 0.2) is 66.7 Å². The van der Waals surface area contributed by atoms with Crippen molar-refractivity contribution in [3.05, 3.63) is 89.0 Å². The zero-order valence-electron chi connectivity index (χ0n) is 14.5. The summed E-state index contributed by atoms with van der Waals surface area (Å²) in [5.74, 6) is 0. The van der Waals surface area contributed by atoms with E-state index in [-0.39, 0.29) is 0 Å². The molecule has 4 rings (SSSR count). The van der Waals surface area contributed by atoms with Crippen molar-refractivity contribution in [3.63, 3.8) is 0 Å². The monoisotopic (exact) mass is 345 g/mol. The lowest BCUT2D eigenvalue weighted by atomic mass is 9.91. The van der Waals surface area contributed by atoms with Crippen molar-refractivity contribution in [1.29, 1.82) is 10.5 Å². The number of rotatable bonds is 2. The fraction of sp³-hybridized carbons (Fsp3) is 0. The van der Waals surface area contributed by atoms with Gasteiger partial charge in [-0.3, -0.25) is 0 Å². The number of nitriles is 2. The SMILES string of the molecule is N#Cc1c2ccccc2c(C#N)c2cc(C=Cc3ccc(N)cc3)ccc12. The van der Waals surface area contributed by atoms with Crippen molar-refractivity contribution in [2.24, 2.45) is 0 Å². The maximum Gasteiger partial charge on any atom is 0.100 e. The Balaban J connectivity index is 1.92. The molecule has 0 saturated heterocycles. The first-order valence-electron chi connectivity index (χ1n) is 8.53. The maximum absolute atomic E-state index is 9.76. The maximum atomic E-state index is 9.76. The number of nitrogens with two attached hydrogens (primary N) is 1. The Bertz CT molecular complexity index is 1280. The van der Waals surface area contributed by atoms with E-state index >= 15 is 0 Å². The van der Waals surface area contributed by atoms with Gasteiger partial charge in [-0.15, -0.1) is 0 Å². The molecule has 0 unspecified atom stereocenters. The van der Waals surface area contributed by atoms with E-state index in [9.17, 15) is 10.5 Å². The molecule has 0 aromatic heterocycles. The van der Waals surface area contributed by atoms with E-state index < -0.39 is 0 Å². The summed E-state index contributed by atoms with van der Waals surface area (Å²) >= 11 is 0. The summed E-state index contributed by atoms with van der Waals surface area (Å²) in [5.41, 5.74) is 9.66. The van der Waals surface area contributed by atoms with Crippen molar-refractivity contribution in [2.75, 3.05) is 5.73 Å². The first-order chi connectivity index (χ1) is 13.2. The minimum Gasteiger partial charge on any atom is -0.399 e. The molecule has 0 aliphatic carbocycles. The van der Waals surface area contributed by atoms with Gasteiger partial charge >= 0.3 is 0 Å². The highest BCUT2D eigenvalue weighted by atomic mass is 14.5. The van der Waals surface area contributed by atoms with Gasteiger partial charge in [0.25, 0.3) is 0 Å². The van der Waals surface area contributed by atoms with Crippen molar-refractivity contribution < 1.29 is 0 Å². The fourth-order valence-electron chi connectivity index (χ4n) is 3.34. The van der Waals surface area contributed by atoms with Crippen LogP contribution in [-0.2, 0) is 0 Å². The second-order valence-corrected chi connectivity index (χ2v) is 6.32. The molecule has 0 saturated carbocycles. The number of benzene rings is 4. The summed E-state index contributed by atoms with van der Waals surface area (Å²) in [5, 5.41) is 22.7. The van der Waals surface area contributed by atoms with Gasteiger partial charge in [-0.1, -0.05) is 60.7 Å². The Labute approximate surface area is 157 Å². The van der Waals surface area contributed by atoms with E-state index in [1.54, 1.807) is 0 Å². The van der Waals surface area contributed by atoms with E-state index in [0.717, 1.165) is 38.4 Å². The molecule has 0 heterocycles. The highest BCUT2D eigenvalue weighted by Gasteiger charge is 2.13. The zero-order valence-corrected chi connectivity index (χ0v) is 14.5. The minimum atomic E-state index is 0.599. The number of hydrogen-bond acceptors (Lipinski definition) is 3. The molecular weight excluding hydrogens is 330 g/mol. The zero-order chi connectivity index (χ0) is 18.8. The van der Waals surface area contributed by atoms with Crippen molar-refractivity contribution >= 4 is 39.4 Å². The quantitative estimate of drug-likeness (QED) is 0.296. The third-order valence-electron chi connectivity index (χ3n) is 4.68. The predicted octanol–water partition coefficient (Wildman–Crippen LogP) is 5.49. The molecule has 0 amide bonds. The number of nitrogens with zero attached hydrogens (tertiary/aromatic N) is 2. The smallest absolute Gasteiger partial charge is 0.100 e. The fourth-order valence-corrected chi connectivity index (χ4v) is 3.34. The lowest BCUT2D eigenvalue weighted by Gasteiger charge is -2.09. The van der Waals surface area contributed by atoms with Crippen LogP contribution in [-0.4, -0.2) is 0 Å². The standard InChI is InChI=1S/C24H15N3/c25-14-23-19-3-1-2-4-20(19)24(15-26)22-13-17(9-12-21(22)23)6-5-16-7-10-18(27)11-8-16/h1-13H,27H2. The van der Waals surface area contributed by atoms with Crippen LogP contribution in [0.5, 0.6) is 0 Å². The van der Waals surface area contributed by atoms with Crippen LogP contribution in [0, 0.1) is 22.7 Å². The normalized spacial score (nSPS) is 10.9. The molecule has 0 spiro atoms. The topological polar surface area (TPSA) is 73.6 Å². The van der Waals surface area contributed by atoms with Gasteiger partial charge in [0.2, 0.25) is 0 Å². The second kappa shape index (κ2) is 6.67. The van der Waals surface area contributed by atoms with Gasteiger partial charge < -0.3 is 5.73 Å². The Hall–Kier alpha value is -4.08. The van der Waals surface area contributed by atoms with Crippen LogP contribution < -0.4 is 5.73 Å². The third-order valence-corrected chi connectivity index (χ3v) is 4.68. The van der Waals surface area contributed by atoms with Gasteiger partial charge in [-0.2, -0.15) is 10.5 Å². The lowest BCUT2D eigenvalue weighted by Crippen LogP contribution is -1.90. The Morgan fingerprint density at radius 2 is 1.15 bits per heavy atom. The summed E-state index contributed by atoms with van der Waals surface area (Å²) in [7, 11) is 0. The van der Waals surface area contributed by atoms with E-state index in [2.05, 4.69) is 12.1 Å². The molecule has 4 aromatic carbocycles. The summed E-state index contributed by atoms with van der Waals surface area (Å²) in [6.45, 7) is 0. The van der Waals surface area contributed by atoms with Crippen LogP contribution in [0.2, 0.25) is 0 Å². The molecule has 0 radical (unpaired) electrons. The van der Waals surface area contributed by atoms with Crippen molar-refractivity contribution in [1.82, 2.24) is 0 Å². The summed E-state index contributed by atoms with van der Waals surface area (Å²) < 4.78 is 0. The minimum absolute atomic E-state index is 0.599. The highest BCUT2D eigenvalue weighted by molar-refractivity contribution is 6.09. The average molecular weight is 345 g/mol. The van der Waals surface area contributed by atoms with Gasteiger partial charge in [-0.05, 0) is 29.3 Å². The second-order valence-electron chi connectivity index (χ2n) is 6.32. The summed E-state index contributed by atoms with van der Waals surface area (Å²) in [4.78, 5) is 0. The molecular formula is C24H15N3. The first kappa shape index (κ1) is 16.4. The van der Waals surface area contributed by atoms with E-state index in [4.69, 9.17) is 5.73 Å². The molecule has 0 aliphatic rings. The predicted molar refractivity (Wildman–Crippen MR) is 111 cm³/mol. The van der Waals surface area contributed by atoms with Crippen LogP contribution in [0.25, 0.3) is 33.7 Å². The van der Waals surface area contributed by atoms with Crippen LogP contribution in [0.4, 0.5) is 5.69 Å².